The number of hydrogen-bond donors (Lipinski definition) is 1. The molecule has 0 saturated heterocycles. The van der Waals surface area contributed by atoms with Gasteiger partial charge in [-0.05, 0) is 39.7 Å². The minimum atomic E-state index is -1.06. The molecule has 0 amide bonds. The first kappa shape index (κ1) is 16.4. The van der Waals surface area contributed by atoms with Gasteiger partial charge in [-0.15, -0.1) is 0 Å². The summed E-state index contributed by atoms with van der Waals surface area (Å²) in [6.45, 7) is 10.3. The van der Waals surface area contributed by atoms with Crippen molar-refractivity contribution in [3.05, 3.63) is 35.9 Å². The number of hydrogen-bond acceptors (Lipinski definition) is 1. The summed E-state index contributed by atoms with van der Waals surface area (Å²) in [6, 6.07) is 10.3. The van der Waals surface area contributed by atoms with E-state index in [1.165, 1.54) is 5.56 Å². The molecule has 0 bridgehead atoms. The van der Waals surface area contributed by atoms with Crippen molar-refractivity contribution < 1.29 is 4.21 Å². The van der Waals surface area contributed by atoms with Crippen molar-refractivity contribution in [2.24, 2.45) is 0 Å². The van der Waals surface area contributed by atoms with E-state index in [1.807, 2.05) is 39.0 Å². The van der Waals surface area contributed by atoms with Gasteiger partial charge in [0.05, 0.1) is 21.3 Å². The average molecular weight is 281 g/mol. The largest absolute Gasteiger partial charge is 0.242 e. The van der Waals surface area contributed by atoms with E-state index in [2.05, 4.69) is 30.7 Å². The van der Waals surface area contributed by atoms with Crippen molar-refractivity contribution in [2.75, 3.05) is 0 Å². The Morgan fingerprint density at radius 3 is 2.16 bits per heavy atom. The fourth-order valence-electron chi connectivity index (χ4n) is 1.95. The molecule has 1 unspecified atom stereocenters. The van der Waals surface area contributed by atoms with Gasteiger partial charge in [-0.25, -0.2) is 8.93 Å². The quantitative estimate of drug-likeness (QED) is 0.834. The molecule has 1 aromatic rings. The van der Waals surface area contributed by atoms with Crippen LogP contribution in [0.4, 0.5) is 0 Å². The Labute approximate surface area is 120 Å². The number of nitrogens with one attached hydrogen (secondary N) is 1. The highest BCUT2D eigenvalue weighted by Crippen LogP contribution is 2.28. The van der Waals surface area contributed by atoms with E-state index in [0.717, 1.165) is 19.3 Å². The second kappa shape index (κ2) is 6.67. The summed E-state index contributed by atoms with van der Waals surface area (Å²) >= 11 is 0. The van der Waals surface area contributed by atoms with Crippen molar-refractivity contribution in [3.8, 4) is 0 Å². The Hall–Kier alpha value is -0.670. The lowest BCUT2D eigenvalue weighted by Crippen LogP contribution is -2.46. The molecule has 2 nitrogen and oxygen atoms in total. The smallest absolute Gasteiger partial charge is 0.0978 e. The van der Waals surface area contributed by atoms with Gasteiger partial charge in [0.15, 0.2) is 0 Å². The molecule has 0 heterocycles. The van der Waals surface area contributed by atoms with Gasteiger partial charge in [-0.3, -0.25) is 0 Å². The van der Waals surface area contributed by atoms with Gasteiger partial charge in [0.1, 0.15) is 0 Å². The molecule has 0 radical (unpaired) electrons. The lowest BCUT2D eigenvalue weighted by molar-refractivity contribution is 0.392. The summed E-state index contributed by atoms with van der Waals surface area (Å²) in [5.41, 5.74) is 0.983. The lowest BCUT2D eigenvalue weighted by atomic mass is 9.88. The first-order chi connectivity index (χ1) is 8.79. The van der Waals surface area contributed by atoms with Crippen LogP contribution in [0, 0.1) is 0 Å². The third-order valence-corrected chi connectivity index (χ3v) is 5.06. The molecule has 1 N–H and O–H groups in total. The highest BCUT2D eigenvalue weighted by atomic mass is 32.2. The summed E-state index contributed by atoms with van der Waals surface area (Å²) in [6.07, 6.45) is 3.27. The summed E-state index contributed by atoms with van der Waals surface area (Å²) in [5.74, 6) is 0. The molecule has 1 aromatic carbocycles. The van der Waals surface area contributed by atoms with Gasteiger partial charge in [0.25, 0.3) is 0 Å². The van der Waals surface area contributed by atoms with Crippen LogP contribution in [0.2, 0.25) is 0 Å². The van der Waals surface area contributed by atoms with E-state index in [1.54, 1.807) is 0 Å². The van der Waals surface area contributed by atoms with E-state index in [9.17, 15) is 4.21 Å². The third kappa shape index (κ3) is 4.73. The lowest BCUT2D eigenvalue weighted by Gasteiger charge is -2.34. The monoisotopic (exact) mass is 281 g/mol. The van der Waals surface area contributed by atoms with Crippen LogP contribution < -0.4 is 4.72 Å². The van der Waals surface area contributed by atoms with Crippen LogP contribution in [-0.2, 0) is 16.5 Å². The molecule has 19 heavy (non-hydrogen) atoms. The van der Waals surface area contributed by atoms with Gasteiger partial charge >= 0.3 is 0 Å². The zero-order valence-corrected chi connectivity index (χ0v) is 13.6. The van der Waals surface area contributed by atoms with Crippen LogP contribution in [0.5, 0.6) is 0 Å². The van der Waals surface area contributed by atoms with Gasteiger partial charge in [-0.1, -0.05) is 50.1 Å². The Morgan fingerprint density at radius 1 is 1.11 bits per heavy atom. The summed E-state index contributed by atoms with van der Waals surface area (Å²) < 4.78 is 15.5. The molecule has 2 atom stereocenters. The van der Waals surface area contributed by atoms with Crippen molar-refractivity contribution in [1.29, 1.82) is 0 Å². The predicted molar refractivity (Wildman–Crippen MR) is 84.4 cm³/mol. The molecular formula is C16H27NOS. The highest BCUT2D eigenvalue weighted by molar-refractivity contribution is 7.84. The highest BCUT2D eigenvalue weighted by Gasteiger charge is 2.31. The van der Waals surface area contributed by atoms with Crippen molar-refractivity contribution in [1.82, 2.24) is 4.72 Å². The average Bonchev–Trinajstić information content (AvgIpc) is 2.36. The number of rotatable bonds is 6. The Bertz CT molecular complexity index is 411. The molecular weight excluding hydrogens is 254 g/mol. The minimum absolute atomic E-state index is 0.227. The molecule has 0 fully saturated rings. The Morgan fingerprint density at radius 2 is 1.68 bits per heavy atom. The van der Waals surface area contributed by atoms with Crippen LogP contribution >= 0.6 is 0 Å². The van der Waals surface area contributed by atoms with E-state index >= 15 is 0 Å². The Kier molecular flexibility index (Phi) is 5.75. The van der Waals surface area contributed by atoms with Crippen molar-refractivity contribution >= 4 is 11.0 Å². The van der Waals surface area contributed by atoms with Gasteiger partial charge in [0, 0.05) is 0 Å². The van der Waals surface area contributed by atoms with Gasteiger partial charge < -0.3 is 0 Å². The van der Waals surface area contributed by atoms with Gasteiger partial charge in [0.2, 0.25) is 0 Å². The maximum Gasteiger partial charge on any atom is 0.0978 e. The SMILES string of the molecule is CCCC[C@](C)(NS(=O)C(C)(C)C)c1ccccc1. The second-order valence-electron chi connectivity index (χ2n) is 6.28. The Balaban J connectivity index is 2.97. The first-order valence-corrected chi connectivity index (χ1v) is 8.20. The summed E-state index contributed by atoms with van der Waals surface area (Å²) in [5, 5.41) is 0. The standard InChI is InChI=1S/C16H27NOS/c1-6-7-13-16(5,14-11-9-8-10-12-14)17-19(18)15(2,3)4/h8-12,17H,6-7,13H2,1-5H3/t16-,19?/m0/s1. The topological polar surface area (TPSA) is 29.1 Å². The maximum absolute atomic E-state index is 12.4. The summed E-state index contributed by atoms with van der Waals surface area (Å²) in [4.78, 5) is 0. The van der Waals surface area contributed by atoms with Crippen LogP contribution in [-0.4, -0.2) is 8.96 Å². The van der Waals surface area contributed by atoms with E-state index in [4.69, 9.17) is 0 Å². The molecule has 0 spiro atoms. The van der Waals surface area contributed by atoms with Crippen molar-refractivity contribution in [2.45, 2.75) is 64.2 Å². The maximum atomic E-state index is 12.4. The van der Waals surface area contributed by atoms with E-state index < -0.39 is 11.0 Å². The molecule has 1 rings (SSSR count). The van der Waals surface area contributed by atoms with Crippen LogP contribution in [0.15, 0.2) is 30.3 Å². The normalized spacial score (nSPS) is 16.9. The first-order valence-electron chi connectivity index (χ1n) is 7.05. The van der Waals surface area contributed by atoms with Crippen molar-refractivity contribution in [3.63, 3.8) is 0 Å². The van der Waals surface area contributed by atoms with E-state index in [-0.39, 0.29) is 10.3 Å². The van der Waals surface area contributed by atoms with Gasteiger partial charge in [-0.2, -0.15) is 0 Å². The third-order valence-electron chi connectivity index (χ3n) is 3.32. The summed E-state index contributed by atoms with van der Waals surface area (Å²) in [7, 11) is -1.06. The molecule has 3 heteroatoms. The molecule has 0 aromatic heterocycles. The molecule has 108 valence electrons. The number of benzene rings is 1. The fraction of sp³-hybridized carbons (Fsp3) is 0.625. The molecule has 0 aliphatic rings. The van der Waals surface area contributed by atoms with Crippen LogP contribution in [0.1, 0.15) is 59.4 Å². The minimum Gasteiger partial charge on any atom is -0.242 e. The molecule has 0 saturated carbocycles. The fourth-order valence-corrected chi connectivity index (χ4v) is 2.88. The van der Waals surface area contributed by atoms with E-state index in [0.29, 0.717) is 0 Å². The molecule has 0 aliphatic heterocycles. The molecule has 0 aliphatic carbocycles. The zero-order valence-electron chi connectivity index (χ0n) is 12.8. The van der Waals surface area contributed by atoms with Crippen LogP contribution in [0.25, 0.3) is 0 Å². The zero-order chi connectivity index (χ0) is 14.5. The predicted octanol–water partition coefficient (Wildman–Crippen LogP) is 4.14. The second-order valence-corrected chi connectivity index (χ2v) is 8.25. The van der Waals surface area contributed by atoms with Crippen LogP contribution in [0.3, 0.4) is 0 Å². The number of unbranched alkanes of at least 4 members (excludes halogenated alkanes) is 1.